The zero-order valence-electron chi connectivity index (χ0n) is 23.5. The van der Waals surface area contributed by atoms with Crippen molar-refractivity contribution in [3.63, 3.8) is 0 Å². The van der Waals surface area contributed by atoms with Crippen LogP contribution in [-0.2, 0) is 48.0 Å². The van der Waals surface area contributed by atoms with Crippen LogP contribution in [0.4, 0.5) is 26.3 Å². The van der Waals surface area contributed by atoms with Crippen LogP contribution in [0.25, 0.3) is 0 Å². The quantitative estimate of drug-likeness (QED) is 0.161. The molecule has 0 bridgehead atoms. The van der Waals surface area contributed by atoms with Crippen molar-refractivity contribution in [3.05, 3.63) is 130 Å². The predicted molar refractivity (Wildman–Crippen MR) is 151 cm³/mol. The molecule has 236 valence electrons. The maximum atomic E-state index is 13.2. The van der Waals surface area contributed by atoms with Crippen LogP contribution in [0.15, 0.2) is 97.1 Å². The number of benzene rings is 4. The molecule has 0 radical (unpaired) electrons. The highest BCUT2D eigenvalue weighted by molar-refractivity contribution is 5.85. The highest BCUT2D eigenvalue weighted by Crippen LogP contribution is 2.36. The maximum Gasteiger partial charge on any atom is 0.416 e. The van der Waals surface area contributed by atoms with Crippen molar-refractivity contribution in [2.24, 2.45) is 0 Å². The molecule has 12 heteroatoms. The minimum atomic E-state index is -5.09. The highest BCUT2D eigenvalue weighted by atomic mass is 19.4. The summed E-state index contributed by atoms with van der Waals surface area (Å²) in [6.45, 7) is 0.392. The van der Waals surface area contributed by atoms with Crippen LogP contribution in [0.1, 0.15) is 33.4 Å². The standard InChI is InChI=1S/C33H27F6NO5/c34-32(35,36)25-13-24(14-26(18-25)33(37,38)39)17-30(41)40-27(31(42)43)15-23-11-12-28(44-19-21-7-3-1-4-8-21)29(16-23)45-20-22-9-5-2-6-10-22/h1-14,16,18,27H,15,17,19-20H2,(H,40,41)(H,42,43)/t27-/m1/s1. The molecule has 0 aromatic heterocycles. The molecule has 0 heterocycles. The fourth-order valence-corrected chi connectivity index (χ4v) is 4.37. The van der Waals surface area contributed by atoms with Gasteiger partial charge in [-0.3, -0.25) is 4.79 Å². The summed E-state index contributed by atoms with van der Waals surface area (Å²) in [5.41, 5.74) is -1.56. The zero-order valence-corrected chi connectivity index (χ0v) is 23.5. The van der Waals surface area contributed by atoms with Gasteiger partial charge < -0.3 is 19.9 Å². The van der Waals surface area contributed by atoms with E-state index in [0.717, 1.165) is 11.1 Å². The number of hydrogen-bond donors (Lipinski definition) is 2. The number of halogens is 6. The van der Waals surface area contributed by atoms with Gasteiger partial charge in [0, 0.05) is 6.42 Å². The number of carboxylic acids is 1. The Morgan fingerprint density at radius 3 is 1.64 bits per heavy atom. The Balaban J connectivity index is 1.51. The second kappa shape index (κ2) is 14.2. The molecule has 45 heavy (non-hydrogen) atoms. The lowest BCUT2D eigenvalue weighted by molar-refractivity contribution is -0.143. The van der Waals surface area contributed by atoms with Gasteiger partial charge in [-0.2, -0.15) is 26.3 Å². The van der Waals surface area contributed by atoms with E-state index in [1.807, 2.05) is 60.7 Å². The van der Waals surface area contributed by atoms with Crippen LogP contribution in [-0.4, -0.2) is 23.0 Å². The van der Waals surface area contributed by atoms with Crippen molar-refractivity contribution in [3.8, 4) is 11.5 Å². The molecule has 4 aromatic carbocycles. The number of carbonyl (C=O) groups excluding carboxylic acids is 1. The molecular formula is C33H27F6NO5. The Hall–Kier alpha value is -5.00. The first kappa shape index (κ1) is 32.9. The number of aliphatic carboxylic acids is 1. The Bertz CT molecular complexity index is 1580. The Labute approximate surface area is 254 Å². The van der Waals surface area contributed by atoms with E-state index in [1.54, 1.807) is 18.2 Å². The molecule has 0 aliphatic carbocycles. The molecule has 0 aliphatic heterocycles. The van der Waals surface area contributed by atoms with E-state index < -0.39 is 53.4 Å². The Kier molecular flexibility index (Phi) is 10.4. The molecule has 1 amide bonds. The van der Waals surface area contributed by atoms with Gasteiger partial charge in [-0.15, -0.1) is 0 Å². The van der Waals surface area contributed by atoms with Crippen molar-refractivity contribution in [2.45, 2.75) is 44.4 Å². The van der Waals surface area contributed by atoms with Crippen molar-refractivity contribution >= 4 is 11.9 Å². The summed E-state index contributed by atoms with van der Waals surface area (Å²) >= 11 is 0. The molecule has 6 nitrogen and oxygen atoms in total. The van der Waals surface area contributed by atoms with Gasteiger partial charge in [0.2, 0.25) is 5.91 Å². The average molecular weight is 632 g/mol. The number of alkyl halides is 6. The van der Waals surface area contributed by atoms with Gasteiger partial charge in [-0.05, 0) is 52.6 Å². The van der Waals surface area contributed by atoms with E-state index in [2.05, 4.69) is 5.32 Å². The molecule has 1 atom stereocenters. The number of rotatable bonds is 12. The van der Waals surface area contributed by atoms with Crippen LogP contribution >= 0.6 is 0 Å². The summed E-state index contributed by atoms with van der Waals surface area (Å²) in [6, 6.07) is 22.5. The van der Waals surface area contributed by atoms with Crippen LogP contribution < -0.4 is 14.8 Å². The summed E-state index contributed by atoms with van der Waals surface area (Å²) in [5, 5.41) is 12.0. The fourth-order valence-electron chi connectivity index (χ4n) is 4.37. The number of hydrogen-bond acceptors (Lipinski definition) is 4. The third-order valence-corrected chi connectivity index (χ3v) is 6.57. The second-order valence-corrected chi connectivity index (χ2v) is 10.1. The number of nitrogens with one attached hydrogen (secondary N) is 1. The van der Waals surface area contributed by atoms with E-state index in [9.17, 15) is 41.0 Å². The number of ether oxygens (including phenoxy) is 2. The van der Waals surface area contributed by atoms with E-state index in [-0.39, 0.29) is 25.7 Å². The minimum absolute atomic E-state index is 0.0495. The summed E-state index contributed by atoms with van der Waals surface area (Å²) in [5.74, 6) is -1.86. The monoisotopic (exact) mass is 631 g/mol. The lowest BCUT2D eigenvalue weighted by Crippen LogP contribution is -2.43. The summed E-state index contributed by atoms with van der Waals surface area (Å²) in [7, 11) is 0. The summed E-state index contributed by atoms with van der Waals surface area (Å²) < 4.78 is 91.2. The molecule has 0 unspecified atom stereocenters. The van der Waals surface area contributed by atoms with Crippen LogP contribution in [0.2, 0.25) is 0 Å². The second-order valence-electron chi connectivity index (χ2n) is 10.1. The third kappa shape index (κ3) is 9.75. The fraction of sp³-hybridized carbons (Fsp3) is 0.212. The van der Waals surface area contributed by atoms with Crippen LogP contribution in [0.5, 0.6) is 11.5 Å². The topological polar surface area (TPSA) is 84.9 Å². The molecule has 0 spiro atoms. The summed E-state index contributed by atoms with van der Waals surface area (Å²) in [4.78, 5) is 24.7. The van der Waals surface area contributed by atoms with Gasteiger partial charge in [0.15, 0.2) is 11.5 Å². The van der Waals surface area contributed by atoms with E-state index in [4.69, 9.17) is 9.47 Å². The lowest BCUT2D eigenvalue weighted by atomic mass is 10.0. The molecule has 4 aromatic rings. The van der Waals surface area contributed by atoms with Gasteiger partial charge in [-0.1, -0.05) is 66.7 Å². The average Bonchev–Trinajstić information content (AvgIpc) is 2.99. The van der Waals surface area contributed by atoms with Crippen molar-refractivity contribution in [2.75, 3.05) is 0 Å². The van der Waals surface area contributed by atoms with Crippen molar-refractivity contribution in [1.82, 2.24) is 5.32 Å². The SMILES string of the molecule is O=C(Cc1cc(C(F)(F)F)cc(C(F)(F)F)c1)N[C@H](Cc1ccc(OCc2ccccc2)c(OCc2ccccc2)c1)C(=O)O. The highest BCUT2D eigenvalue weighted by Gasteiger charge is 2.37. The Morgan fingerprint density at radius 2 is 1.16 bits per heavy atom. The largest absolute Gasteiger partial charge is 0.485 e. The first-order chi connectivity index (χ1) is 21.3. The molecule has 4 rings (SSSR count). The first-order valence-electron chi connectivity index (χ1n) is 13.5. The molecule has 0 saturated heterocycles. The molecule has 0 saturated carbocycles. The van der Waals surface area contributed by atoms with Gasteiger partial charge in [0.05, 0.1) is 17.5 Å². The lowest BCUT2D eigenvalue weighted by Gasteiger charge is -2.18. The molecule has 0 fully saturated rings. The molecular weight excluding hydrogens is 604 g/mol. The van der Waals surface area contributed by atoms with Gasteiger partial charge in [0.25, 0.3) is 0 Å². The van der Waals surface area contributed by atoms with Crippen LogP contribution in [0, 0.1) is 0 Å². The van der Waals surface area contributed by atoms with E-state index >= 15 is 0 Å². The smallest absolute Gasteiger partial charge is 0.416 e. The number of amides is 1. The summed E-state index contributed by atoms with van der Waals surface area (Å²) in [6.07, 6.45) is -11.4. The molecule has 2 N–H and O–H groups in total. The van der Waals surface area contributed by atoms with Crippen LogP contribution in [0.3, 0.4) is 0 Å². The Morgan fingerprint density at radius 1 is 0.644 bits per heavy atom. The zero-order chi connectivity index (χ0) is 32.6. The number of carbonyl (C=O) groups is 2. The van der Waals surface area contributed by atoms with Gasteiger partial charge in [-0.25, -0.2) is 4.79 Å². The molecule has 0 aliphatic rings. The maximum absolute atomic E-state index is 13.2. The normalized spacial score (nSPS) is 12.3. The third-order valence-electron chi connectivity index (χ3n) is 6.57. The van der Waals surface area contributed by atoms with Gasteiger partial charge in [0.1, 0.15) is 19.3 Å². The van der Waals surface area contributed by atoms with E-state index in [1.165, 1.54) is 0 Å². The van der Waals surface area contributed by atoms with Gasteiger partial charge >= 0.3 is 18.3 Å². The number of carboxylic acid groups (broad SMARTS) is 1. The first-order valence-corrected chi connectivity index (χ1v) is 13.5. The predicted octanol–water partition coefficient (Wildman–Crippen LogP) is 7.24. The minimum Gasteiger partial charge on any atom is -0.485 e. The van der Waals surface area contributed by atoms with Crippen molar-refractivity contribution in [1.29, 1.82) is 0 Å². The van der Waals surface area contributed by atoms with E-state index in [0.29, 0.717) is 29.2 Å². The van der Waals surface area contributed by atoms with Crippen molar-refractivity contribution < 1.29 is 50.5 Å².